The Balaban J connectivity index is 2.10. The van der Waals surface area contributed by atoms with Crippen LogP contribution in [0.5, 0.6) is 0 Å². The van der Waals surface area contributed by atoms with Gasteiger partial charge in [0.25, 0.3) is 5.56 Å². The van der Waals surface area contributed by atoms with Crippen molar-refractivity contribution in [2.24, 2.45) is 0 Å². The van der Waals surface area contributed by atoms with Gasteiger partial charge in [-0.05, 0) is 16.8 Å². The minimum absolute atomic E-state index is 0.0488. The zero-order valence-corrected chi connectivity index (χ0v) is 11.1. The fourth-order valence-electron chi connectivity index (χ4n) is 1.93. The zero-order chi connectivity index (χ0) is 14.1. The van der Waals surface area contributed by atoms with Gasteiger partial charge in [0.1, 0.15) is 0 Å². The normalized spacial score (nSPS) is 10.8. The van der Waals surface area contributed by atoms with E-state index in [2.05, 4.69) is 4.98 Å². The first-order chi connectivity index (χ1) is 9.65. The molecule has 0 spiro atoms. The quantitative estimate of drug-likeness (QED) is 0.558. The molecule has 100 valence electrons. The van der Waals surface area contributed by atoms with E-state index in [-0.39, 0.29) is 4.73 Å². The maximum absolute atomic E-state index is 11.4. The van der Waals surface area contributed by atoms with Crippen LogP contribution in [0.15, 0.2) is 68.0 Å². The molecular weight excluding hydrogens is 276 g/mol. The standard InChI is InChI=1S/C14H10N2O3S/c17-13-8-12(15-14(18)16(13)19)20-11-7-3-5-9-4-1-2-6-10(9)11/h1-8,19H,(H,15,18). The SMILES string of the molecule is O=c1cc(Sc2cccc3ccccc23)[nH]c(=O)n1O. The molecule has 20 heavy (non-hydrogen) atoms. The number of nitrogens with zero attached hydrogens (tertiary/aromatic N) is 1. The number of nitrogens with one attached hydrogen (secondary N) is 1. The van der Waals surface area contributed by atoms with Crippen molar-refractivity contribution in [3.05, 3.63) is 69.4 Å². The van der Waals surface area contributed by atoms with Crippen LogP contribution in [0.1, 0.15) is 0 Å². The van der Waals surface area contributed by atoms with E-state index in [1.165, 1.54) is 17.8 Å². The predicted molar refractivity (Wildman–Crippen MR) is 76.6 cm³/mol. The van der Waals surface area contributed by atoms with Gasteiger partial charge in [-0.15, -0.1) is 0 Å². The number of aromatic nitrogens is 2. The van der Waals surface area contributed by atoms with Crippen molar-refractivity contribution in [2.45, 2.75) is 9.92 Å². The molecule has 0 radical (unpaired) electrons. The smallest absolute Gasteiger partial charge is 0.362 e. The van der Waals surface area contributed by atoms with Crippen molar-refractivity contribution >= 4 is 22.5 Å². The summed E-state index contributed by atoms with van der Waals surface area (Å²) < 4.78 is 0.0488. The minimum Gasteiger partial charge on any atom is -0.421 e. The molecule has 1 aromatic heterocycles. The summed E-state index contributed by atoms with van der Waals surface area (Å²) in [5, 5.41) is 11.6. The first-order valence-electron chi connectivity index (χ1n) is 5.86. The zero-order valence-electron chi connectivity index (χ0n) is 10.2. The maximum Gasteiger partial charge on any atom is 0.362 e. The highest BCUT2D eigenvalue weighted by atomic mass is 32.2. The summed E-state index contributed by atoms with van der Waals surface area (Å²) in [6, 6.07) is 14.9. The summed E-state index contributed by atoms with van der Waals surface area (Å²) in [6.45, 7) is 0. The highest BCUT2D eigenvalue weighted by Gasteiger charge is 2.06. The Hall–Kier alpha value is -2.47. The average Bonchev–Trinajstić information content (AvgIpc) is 2.45. The maximum atomic E-state index is 11.4. The number of hydrogen-bond donors (Lipinski definition) is 2. The third kappa shape index (κ3) is 2.21. The van der Waals surface area contributed by atoms with Gasteiger partial charge in [-0.25, -0.2) is 4.79 Å². The second kappa shape index (κ2) is 4.90. The predicted octanol–water partition coefficient (Wildman–Crippen LogP) is 2.08. The van der Waals surface area contributed by atoms with Crippen LogP contribution >= 0.6 is 11.8 Å². The highest BCUT2D eigenvalue weighted by molar-refractivity contribution is 7.99. The fourth-order valence-corrected chi connectivity index (χ4v) is 2.90. The summed E-state index contributed by atoms with van der Waals surface area (Å²) in [4.78, 5) is 26.1. The van der Waals surface area contributed by atoms with E-state index in [1.807, 2.05) is 42.5 Å². The molecule has 2 aromatic carbocycles. The van der Waals surface area contributed by atoms with Crippen LogP contribution < -0.4 is 11.2 Å². The molecule has 0 aliphatic heterocycles. The van der Waals surface area contributed by atoms with Gasteiger partial charge in [-0.2, -0.15) is 0 Å². The molecule has 3 aromatic rings. The lowest BCUT2D eigenvalue weighted by Crippen LogP contribution is -2.32. The van der Waals surface area contributed by atoms with Crippen LogP contribution in [0.25, 0.3) is 10.8 Å². The molecule has 5 nitrogen and oxygen atoms in total. The van der Waals surface area contributed by atoms with E-state index in [4.69, 9.17) is 5.21 Å². The highest BCUT2D eigenvalue weighted by Crippen LogP contribution is 2.31. The van der Waals surface area contributed by atoms with Gasteiger partial charge in [0.15, 0.2) is 0 Å². The van der Waals surface area contributed by atoms with Crippen molar-refractivity contribution < 1.29 is 5.21 Å². The molecule has 0 fully saturated rings. The molecule has 0 aliphatic carbocycles. The summed E-state index contributed by atoms with van der Waals surface area (Å²) in [6.07, 6.45) is 0. The van der Waals surface area contributed by atoms with E-state index in [0.717, 1.165) is 15.7 Å². The topological polar surface area (TPSA) is 75.1 Å². The Morgan fingerprint density at radius 1 is 1.05 bits per heavy atom. The Morgan fingerprint density at radius 2 is 1.80 bits per heavy atom. The summed E-state index contributed by atoms with van der Waals surface area (Å²) in [5.41, 5.74) is -1.60. The number of H-pyrrole nitrogens is 1. The lowest BCUT2D eigenvalue weighted by Gasteiger charge is -2.06. The van der Waals surface area contributed by atoms with Crippen molar-refractivity contribution in [3.8, 4) is 0 Å². The van der Waals surface area contributed by atoms with Crippen molar-refractivity contribution in [3.63, 3.8) is 0 Å². The van der Waals surface area contributed by atoms with Crippen molar-refractivity contribution in [2.75, 3.05) is 0 Å². The van der Waals surface area contributed by atoms with Crippen LogP contribution in [0.2, 0.25) is 0 Å². The minimum atomic E-state index is -0.847. The molecule has 2 N–H and O–H groups in total. The summed E-state index contributed by atoms with van der Waals surface area (Å²) in [5.74, 6) is 0. The van der Waals surface area contributed by atoms with Gasteiger partial charge in [0, 0.05) is 11.0 Å². The molecular formula is C14H10N2O3S. The second-order valence-corrected chi connectivity index (χ2v) is 5.25. The van der Waals surface area contributed by atoms with E-state index >= 15 is 0 Å². The van der Waals surface area contributed by atoms with Gasteiger partial charge in [-0.1, -0.05) is 52.9 Å². The summed E-state index contributed by atoms with van der Waals surface area (Å²) >= 11 is 1.27. The monoisotopic (exact) mass is 286 g/mol. The van der Waals surface area contributed by atoms with E-state index in [9.17, 15) is 9.59 Å². The molecule has 6 heteroatoms. The molecule has 0 aliphatic rings. The van der Waals surface area contributed by atoms with Gasteiger partial charge in [0.2, 0.25) is 0 Å². The Labute approximate surface area is 117 Å². The van der Waals surface area contributed by atoms with E-state index < -0.39 is 11.2 Å². The molecule has 0 saturated heterocycles. The fraction of sp³-hybridized carbons (Fsp3) is 0. The molecule has 3 rings (SSSR count). The molecule has 0 saturated carbocycles. The lowest BCUT2D eigenvalue weighted by atomic mass is 10.1. The Morgan fingerprint density at radius 3 is 2.60 bits per heavy atom. The second-order valence-electron chi connectivity index (χ2n) is 4.17. The lowest BCUT2D eigenvalue weighted by molar-refractivity contribution is 0.159. The van der Waals surface area contributed by atoms with Gasteiger partial charge >= 0.3 is 5.69 Å². The van der Waals surface area contributed by atoms with E-state index in [0.29, 0.717) is 5.03 Å². The Bertz CT molecular complexity index is 862. The van der Waals surface area contributed by atoms with Crippen LogP contribution in [0.3, 0.4) is 0 Å². The van der Waals surface area contributed by atoms with Gasteiger partial charge in [-0.3, -0.25) is 9.78 Å². The average molecular weight is 286 g/mol. The van der Waals surface area contributed by atoms with Crippen LogP contribution in [-0.2, 0) is 0 Å². The summed E-state index contributed by atoms with van der Waals surface area (Å²) in [7, 11) is 0. The van der Waals surface area contributed by atoms with Crippen LogP contribution in [0, 0.1) is 0 Å². The van der Waals surface area contributed by atoms with Crippen LogP contribution in [0.4, 0.5) is 0 Å². The number of rotatable bonds is 2. The first-order valence-corrected chi connectivity index (χ1v) is 6.68. The van der Waals surface area contributed by atoms with Crippen molar-refractivity contribution in [1.82, 2.24) is 9.71 Å². The van der Waals surface area contributed by atoms with Crippen molar-refractivity contribution in [1.29, 1.82) is 0 Å². The number of hydrogen-bond acceptors (Lipinski definition) is 4. The molecule has 1 heterocycles. The van der Waals surface area contributed by atoms with Crippen LogP contribution in [-0.4, -0.2) is 14.9 Å². The number of fused-ring (bicyclic) bond motifs is 1. The third-order valence-corrected chi connectivity index (χ3v) is 3.87. The number of aromatic amines is 1. The van der Waals surface area contributed by atoms with Gasteiger partial charge < -0.3 is 5.21 Å². The number of benzene rings is 2. The molecule has 0 unspecified atom stereocenters. The first kappa shape index (κ1) is 12.6. The third-order valence-electron chi connectivity index (χ3n) is 2.86. The van der Waals surface area contributed by atoms with E-state index in [1.54, 1.807) is 0 Å². The molecule has 0 bridgehead atoms. The Kier molecular flexibility index (Phi) is 3.08. The molecule has 0 amide bonds. The largest absolute Gasteiger partial charge is 0.421 e. The molecule has 0 atom stereocenters. The van der Waals surface area contributed by atoms with Gasteiger partial charge in [0.05, 0.1) is 5.03 Å².